The van der Waals surface area contributed by atoms with Crippen LogP contribution in [-0.2, 0) is 6.42 Å². The van der Waals surface area contributed by atoms with Gasteiger partial charge in [0.15, 0.2) is 0 Å². The third-order valence-corrected chi connectivity index (χ3v) is 4.54. The Morgan fingerprint density at radius 2 is 2.19 bits per heavy atom. The van der Waals surface area contributed by atoms with Crippen molar-refractivity contribution in [2.45, 2.75) is 32.1 Å². The Balaban J connectivity index is 2.09. The number of piperidine rings is 1. The molecule has 1 aromatic rings. The molecule has 2 rings (SSSR count). The van der Waals surface area contributed by atoms with E-state index in [4.69, 9.17) is 5.26 Å². The highest BCUT2D eigenvalue weighted by molar-refractivity contribution is 7.11. The van der Waals surface area contributed by atoms with Crippen molar-refractivity contribution in [1.82, 2.24) is 9.88 Å². The van der Waals surface area contributed by atoms with E-state index >= 15 is 0 Å². The first kappa shape index (κ1) is 11.6. The van der Waals surface area contributed by atoms with Gasteiger partial charge in [-0.25, -0.2) is 4.98 Å². The highest BCUT2D eigenvalue weighted by Gasteiger charge is 2.22. The van der Waals surface area contributed by atoms with Crippen molar-refractivity contribution in [3.63, 3.8) is 0 Å². The molecule has 3 nitrogen and oxygen atoms in total. The maximum atomic E-state index is 8.72. The predicted molar refractivity (Wildman–Crippen MR) is 65.6 cm³/mol. The van der Waals surface area contributed by atoms with Gasteiger partial charge in [0.2, 0.25) is 0 Å². The smallest absolute Gasteiger partial charge is 0.0963 e. The second-order valence-corrected chi connectivity index (χ2v) is 5.59. The third kappa shape index (κ3) is 2.42. The fraction of sp³-hybridized carbons (Fsp3) is 0.667. The first-order chi connectivity index (χ1) is 7.70. The topological polar surface area (TPSA) is 39.9 Å². The summed E-state index contributed by atoms with van der Waals surface area (Å²) in [6.07, 6.45) is 2.92. The monoisotopic (exact) mass is 235 g/mol. The van der Waals surface area contributed by atoms with Crippen LogP contribution in [0.25, 0.3) is 0 Å². The van der Waals surface area contributed by atoms with Gasteiger partial charge in [-0.2, -0.15) is 5.26 Å². The van der Waals surface area contributed by atoms with Crippen LogP contribution in [0.5, 0.6) is 0 Å². The van der Waals surface area contributed by atoms with E-state index < -0.39 is 0 Å². The van der Waals surface area contributed by atoms with Gasteiger partial charge in [-0.1, -0.05) is 0 Å². The second-order valence-electron chi connectivity index (χ2n) is 4.47. The Labute approximate surface area is 101 Å². The lowest BCUT2D eigenvalue weighted by molar-refractivity contribution is 0.255. The highest BCUT2D eigenvalue weighted by atomic mass is 32.1. The van der Waals surface area contributed by atoms with Gasteiger partial charge in [-0.3, -0.25) is 0 Å². The molecule has 0 N–H and O–H groups in total. The molecule has 0 amide bonds. The van der Waals surface area contributed by atoms with Gasteiger partial charge < -0.3 is 4.90 Å². The first-order valence-corrected chi connectivity index (χ1v) is 6.54. The molecule has 16 heavy (non-hydrogen) atoms. The van der Waals surface area contributed by atoms with Crippen LogP contribution in [0.4, 0.5) is 0 Å². The van der Waals surface area contributed by atoms with Gasteiger partial charge in [-0.05, 0) is 39.9 Å². The van der Waals surface area contributed by atoms with Crippen molar-refractivity contribution in [1.29, 1.82) is 5.26 Å². The fourth-order valence-electron chi connectivity index (χ4n) is 2.12. The summed E-state index contributed by atoms with van der Waals surface area (Å²) < 4.78 is 0. The fourth-order valence-corrected chi connectivity index (χ4v) is 3.28. The number of rotatable bonds is 2. The zero-order chi connectivity index (χ0) is 11.5. The number of hydrogen-bond donors (Lipinski definition) is 0. The van der Waals surface area contributed by atoms with Crippen LogP contribution >= 0.6 is 11.3 Å². The van der Waals surface area contributed by atoms with Gasteiger partial charge in [0, 0.05) is 10.8 Å². The molecule has 86 valence electrons. The summed E-state index contributed by atoms with van der Waals surface area (Å²) in [6, 6.07) is 2.21. The SMILES string of the molecule is Cc1nc(C2CCN(C)CC2)sc1CC#N. The van der Waals surface area contributed by atoms with E-state index in [2.05, 4.69) is 23.0 Å². The van der Waals surface area contributed by atoms with Gasteiger partial charge in [0.1, 0.15) is 0 Å². The Morgan fingerprint density at radius 3 is 2.81 bits per heavy atom. The zero-order valence-corrected chi connectivity index (χ0v) is 10.7. The van der Waals surface area contributed by atoms with Crippen molar-refractivity contribution < 1.29 is 0 Å². The largest absolute Gasteiger partial charge is 0.306 e. The summed E-state index contributed by atoms with van der Waals surface area (Å²) >= 11 is 1.74. The molecule has 1 aliphatic heterocycles. The molecule has 2 heterocycles. The molecule has 0 bridgehead atoms. The average Bonchev–Trinajstić information content (AvgIpc) is 2.62. The summed E-state index contributed by atoms with van der Waals surface area (Å²) in [7, 11) is 2.17. The number of nitrogens with zero attached hydrogens (tertiary/aromatic N) is 3. The van der Waals surface area contributed by atoms with Crippen LogP contribution in [0.3, 0.4) is 0 Å². The number of aromatic nitrogens is 1. The number of nitriles is 1. The molecule has 0 aromatic carbocycles. The lowest BCUT2D eigenvalue weighted by Gasteiger charge is -2.27. The molecule has 1 aromatic heterocycles. The van der Waals surface area contributed by atoms with Crippen molar-refractivity contribution in [3.8, 4) is 6.07 Å². The van der Waals surface area contributed by atoms with E-state index in [1.54, 1.807) is 11.3 Å². The zero-order valence-electron chi connectivity index (χ0n) is 9.86. The molecule has 0 unspecified atom stereocenters. The summed E-state index contributed by atoms with van der Waals surface area (Å²) in [4.78, 5) is 8.14. The molecule has 1 fully saturated rings. The number of hydrogen-bond acceptors (Lipinski definition) is 4. The van der Waals surface area contributed by atoms with Gasteiger partial charge in [-0.15, -0.1) is 11.3 Å². The molecule has 0 radical (unpaired) electrons. The van der Waals surface area contributed by atoms with Crippen LogP contribution in [0.1, 0.15) is 34.3 Å². The molecule has 4 heteroatoms. The molecular formula is C12H17N3S. The number of aryl methyl sites for hydroxylation is 1. The van der Waals surface area contributed by atoms with Crippen LogP contribution in [0.15, 0.2) is 0 Å². The molecule has 0 atom stereocenters. The van der Waals surface area contributed by atoms with Crippen LogP contribution < -0.4 is 0 Å². The van der Waals surface area contributed by atoms with Gasteiger partial charge >= 0.3 is 0 Å². The minimum atomic E-state index is 0.510. The maximum absolute atomic E-state index is 8.72. The predicted octanol–water partition coefficient (Wildman–Crippen LogP) is 2.33. The Kier molecular flexibility index (Phi) is 3.57. The van der Waals surface area contributed by atoms with Crippen LogP contribution in [-0.4, -0.2) is 30.0 Å². The minimum absolute atomic E-state index is 0.510. The Hall–Kier alpha value is -0.920. The summed E-state index contributed by atoms with van der Waals surface area (Å²) in [6.45, 7) is 4.34. The second kappa shape index (κ2) is 4.94. The lowest BCUT2D eigenvalue weighted by Crippen LogP contribution is -2.29. The van der Waals surface area contributed by atoms with Crippen molar-refractivity contribution in [2.75, 3.05) is 20.1 Å². The third-order valence-electron chi connectivity index (χ3n) is 3.22. The van der Waals surface area contributed by atoms with E-state index in [0.29, 0.717) is 12.3 Å². The first-order valence-electron chi connectivity index (χ1n) is 5.72. The lowest BCUT2D eigenvalue weighted by atomic mass is 9.98. The molecule has 0 aliphatic carbocycles. The van der Waals surface area contributed by atoms with E-state index in [9.17, 15) is 0 Å². The quantitative estimate of drug-likeness (QED) is 0.790. The average molecular weight is 235 g/mol. The number of likely N-dealkylation sites (tertiary alicyclic amines) is 1. The van der Waals surface area contributed by atoms with E-state index in [-0.39, 0.29) is 0 Å². The summed E-state index contributed by atoms with van der Waals surface area (Å²) in [5.41, 5.74) is 1.06. The van der Waals surface area contributed by atoms with Gasteiger partial charge in [0.25, 0.3) is 0 Å². The highest BCUT2D eigenvalue weighted by Crippen LogP contribution is 2.32. The van der Waals surface area contributed by atoms with Crippen LogP contribution in [0, 0.1) is 18.3 Å². The standard InChI is InChI=1S/C12H17N3S/c1-9-11(3-6-13)16-12(14-9)10-4-7-15(2)8-5-10/h10H,3-5,7-8H2,1-2H3. The van der Waals surface area contributed by atoms with E-state index in [1.807, 2.05) is 6.92 Å². The minimum Gasteiger partial charge on any atom is -0.306 e. The Bertz CT molecular complexity index is 397. The molecule has 1 saturated heterocycles. The van der Waals surface area contributed by atoms with Crippen molar-refractivity contribution in [3.05, 3.63) is 15.6 Å². The normalized spacial score (nSPS) is 18.6. The summed E-state index contributed by atoms with van der Waals surface area (Å²) in [5.74, 6) is 0.618. The maximum Gasteiger partial charge on any atom is 0.0963 e. The molecular weight excluding hydrogens is 218 g/mol. The molecule has 0 spiro atoms. The van der Waals surface area contributed by atoms with Crippen LogP contribution in [0.2, 0.25) is 0 Å². The Morgan fingerprint density at radius 1 is 1.50 bits per heavy atom. The van der Waals surface area contributed by atoms with E-state index in [0.717, 1.165) is 23.7 Å². The van der Waals surface area contributed by atoms with E-state index in [1.165, 1.54) is 17.8 Å². The van der Waals surface area contributed by atoms with Gasteiger partial charge in [0.05, 0.1) is 23.2 Å². The molecule has 1 aliphatic rings. The van der Waals surface area contributed by atoms with Crippen molar-refractivity contribution in [2.24, 2.45) is 0 Å². The van der Waals surface area contributed by atoms with Crippen molar-refractivity contribution >= 4 is 11.3 Å². The molecule has 0 saturated carbocycles. The summed E-state index contributed by atoms with van der Waals surface area (Å²) in [5, 5.41) is 9.97. The number of thiazole rings is 1.